The van der Waals surface area contributed by atoms with Gasteiger partial charge in [-0.3, -0.25) is 4.79 Å². The van der Waals surface area contributed by atoms with Crippen molar-refractivity contribution < 1.29 is 14.3 Å². The number of Topliss-reactive ketones (excluding diaryl/α,β-unsaturated/α-hetero) is 1. The lowest BCUT2D eigenvalue weighted by Crippen LogP contribution is -1.97. The molecule has 1 aliphatic heterocycles. The number of carbonyl (C=O) groups excluding carboxylic acids is 1. The number of ketones is 1. The Bertz CT molecular complexity index is 358. The second-order valence-corrected chi connectivity index (χ2v) is 3.24. The van der Waals surface area contributed by atoms with Gasteiger partial charge in [0.05, 0.1) is 19.3 Å². The highest BCUT2D eigenvalue weighted by Gasteiger charge is 2.16. The van der Waals surface area contributed by atoms with Crippen LogP contribution in [0.2, 0.25) is 0 Å². The molecule has 0 bridgehead atoms. The molecule has 0 aliphatic carbocycles. The number of carbonyl (C=O) groups is 1. The quantitative estimate of drug-likeness (QED) is 0.683. The average Bonchev–Trinajstić information content (AvgIpc) is 2.40. The van der Waals surface area contributed by atoms with Gasteiger partial charge in [-0.15, -0.1) is 0 Å². The number of fused-ring (bicyclic) bond motifs is 1. The number of methoxy groups -OCH3 is 1. The Morgan fingerprint density at radius 1 is 1.43 bits per heavy atom. The molecule has 0 aromatic heterocycles. The molecule has 14 heavy (non-hydrogen) atoms. The van der Waals surface area contributed by atoms with Crippen molar-refractivity contribution in [1.29, 1.82) is 0 Å². The Balaban J connectivity index is 2.43. The number of rotatable bonds is 1. The largest absolute Gasteiger partial charge is 0.497 e. The van der Waals surface area contributed by atoms with Gasteiger partial charge in [-0.25, -0.2) is 0 Å². The number of ether oxygens (including phenoxy) is 2. The van der Waals surface area contributed by atoms with Crippen molar-refractivity contribution in [3.05, 3.63) is 23.8 Å². The molecular formula is C11H12O3. The molecule has 0 saturated carbocycles. The van der Waals surface area contributed by atoms with Crippen LogP contribution >= 0.6 is 0 Å². The Morgan fingerprint density at radius 3 is 3.07 bits per heavy atom. The molecule has 0 spiro atoms. The fraction of sp³-hybridized carbons (Fsp3) is 0.364. The minimum Gasteiger partial charge on any atom is -0.497 e. The summed E-state index contributed by atoms with van der Waals surface area (Å²) in [5.41, 5.74) is 0.670. The zero-order valence-electron chi connectivity index (χ0n) is 8.08. The summed E-state index contributed by atoms with van der Waals surface area (Å²) in [6, 6.07) is 5.31. The van der Waals surface area contributed by atoms with Crippen molar-refractivity contribution >= 4 is 5.78 Å². The summed E-state index contributed by atoms with van der Waals surface area (Å²) in [6.07, 6.45) is 1.36. The number of benzene rings is 1. The van der Waals surface area contributed by atoms with Gasteiger partial charge >= 0.3 is 0 Å². The van der Waals surface area contributed by atoms with Gasteiger partial charge in [-0.05, 0) is 18.6 Å². The normalized spacial score (nSPS) is 15.4. The summed E-state index contributed by atoms with van der Waals surface area (Å²) in [5.74, 6) is 1.52. The van der Waals surface area contributed by atoms with Crippen molar-refractivity contribution in [3.63, 3.8) is 0 Å². The smallest absolute Gasteiger partial charge is 0.166 e. The Morgan fingerprint density at radius 2 is 2.29 bits per heavy atom. The first-order valence-electron chi connectivity index (χ1n) is 4.65. The van der Waals surface area contributed by atoms with Crippen LogP contribution in [0.4, 0.5) is 0 Å². The van der Waals surface area contributed by atoms with Gasteiger partial charge < -0.3 is 9.47 Å². The fourth-order valence-corrected chi connectivity index (χ4v) is 1.53. The third kappa shape index (κ3) is 1.58. The molecule has 0 atom stereocenters. The van der Waals surface area contributed by atoms with E-state index in [0.29, 0.717) is 24.3 Å². The lowest BCUT2D eigenvalue weighted by Gasteiger charge is -2.07. The van der Waals surface area contributed by atoms with E-state index in [4.69, 9.17) is 9.47 Å². The molecule has 0 amide bonds. The summed E-state index contributed by atoms with van der Waals surface area (Å²) in [7, 11) is 1.60. The standard InChI is InChI=1S/C11H12O3/c1-13-8-4-5-9-10(12)3-2-6-14-11(9)7-8/h4-5,7H,2-3,6H2,1H3. The topological polar surface area (TPSA) is 35.5 Å². The third-order valence-corrected chi connectivity index (χ3v) is 2.29. The van der Waals surface area contributed by atoms with Crippen LogP contribution < -0.4 is 9.47 Å². The molecule has 74 valence electrons. The molecule has 0 saturated heterocycles. The van der Waals surface area contributed by atoms with E-state index >= 15 is 0 Å². The molecule has 3 heteroatoms. The van der Waals surface area contributed by atoms with Gasteiger partial charge in [0, 0.05) is 12.5 Å². The number of hydrogen-bond donors (Lipinski definition) is 0. The summed E-state index contributed by atoms with van der Waals surface area (Å²) >= 11 is 0. The monoisotopic (exact) mass is 192 g/mol. The fourth-order valence-electron chi connectivity index (χ4n) is 1.53. The van der Waals surface area contributed by atoms with Crippen LogP contribution in [0.15, 0.2) is 18.2 Å². The van der Waals surface area contributed by atoms with Crippen LogP contribution in [0.1, 0.15) is 23.2 Å². The van der Waals surface area contributed by atoms with Crippen LogP contribution in [0, 0.1) is 0 Å². The highest BCUT2D eigenvalue weighted by molar-refractivity contribution is 5.99. The van der Waals surface area contributed by atoms with Crippen LogP contribution in [-0.2, 0) is 0 Å². The predicted octanol–water partition coefficient (Wildman–Crippen LogP) is 2.05. The summed E-state index contributed by atoms with van der Waals surface area (Å²) < 4.78 is 10.5. The Hall–Kier alpha value is -1.51. The van der Waals surface area contributed by atoms with Gasteiger partial charge in [-0.1, -0.05) is 0 Å². The van der Waals surface area contributed by atoms with Gasteiger partial charge in [0.15, 0.2) is 5.78 Å². The van der Waals surface area contributed by atoms with E-state index in [2.05, 4.69) is 0 Å². The van der Waals surface area contributed by atoms with Crippen molar-refractivity contribution in [3.8, 4) is 11.5 Å². The molecule has 1 aromatic carbocycles. The van der Waals surface area contributed by atoms with E-state index in [9.17, 15) is 4.79 Å². The third-order valence-electron chi connectivity index (χ3n) is 2.29. The first-order valence-corrected chi connectivity index (χ1v) is 4.65. The van der Waals surface area contributed by atoms with Gasteiger partial charge in [0.25, 0.3) is 0 Å². The molecule has 0 fully saturated rings. The number of hydrogen-bond acceptors (Lipinski definition) is 3. The molecule has 1 aliphatic rings. The minimum absolute atomic E-state index is 0.153. The van der Waals surface area contributed by atoms with Crippen LogP contribution in [-0.4, -0.2) is 19.5 Å². The Kier molecular flexibility index (Phi) is 2.39. The van der Waals surface area contributed by atoms with E-state index < -0.39 is 0 Å². The highest BCUT2D eigenvalue weighted by atomic mass is 16.5. The lowest BCUT2D eigenvalue weighted by molar-refractivity contribution is 0.0983. The molecule has 3 nitrogen and oxygen atoms in total. The van der Waals surface area contributed by atoms with Crippen molar-refractivity contribution in [2.24, 2.45) is 0 Å². The SMILES string of the molecule is COc1ccc2c(c1)OCCCC2=O. The maximum Gasteiger partial charge on any atom is 0.166 e. The van der Waals surface area contributed by atoms with E-state index in [1.165, 1.54) is 0 Å². The average molecular weight is 192 g/mol. The van der Waals surface area contributed by atoms with Gasteiger partial charge in [-0.2, -0.15) is 0 Å². The second kappa shape index (κ2) is 3.70. The van der Waals surface area contributed by atoms with Crippen LogP contribution in [0.5, 0.6) is 11.5 Å². The molecule has 0 unspecified atom stereocenters. The predicted molar refractivity (Wildman–Crippen MR) is 52.1 cm³/mol. The van der Waals surface area contributed by atoms with Crippen molar-refractivity contribution in [2.45, 2.75) is 12.8 Å². The molecule has 0 N–H and O–H groups in total. The summed E-state index contributed by atoms with van der Waals surface area (Å²) in [5, 5.41) is 0. The van der Waals surface area contributed by atoms with Gasteiger partial charge in [0.1, 0.15) is 11.5 Å². The maximum atomic E-state index is 11.6. The zero-order chi connectivity index (χ0) is 9.97. The molecular weight excluding hydrogens is 180 g/mol. The van der Waals surface area contributed by atoms with Gasteiger partial charge in [0.2, 0.25) is 0 Å². The first kappa shape index (κ1) is 9.06. The molecule has 2 rings (SSSR count). The van der Waals surface area contributed by atoms with Crippen molar-refractivity contribution in [1.82, 2.24) is 0 Å². The van der Waals surface area contributed by atoms with Crippen molar-refractivity contribution in [2.75, 3.05) is 13.7 Å². The summed E-state index contributed by atoms with van der Waals surface area (Å²) in [4.78, 5) is 11.6. The molecule has 0 radical (unpaired) electrons. The maximum absolute atomic E-state index is 11.6. The van der Waals surface area contributed by atoms with E-state index in [1.54, 1.807) is 25.3 Å². The van der Waals surface area contributed by atoms with E-state index in [0.717, 1.165) is 12.2 Å². The van der Waals surface area contributed by atoms with E-state index in [1.807, 2.05) is 0 Å². The minimum atomic E-state index is 0.153. The molecule has 1 aromatic rings. The molecule has 1 heterocycles. The van der Waals surface area contributed by atoms with E-state index in [-0.39, 0.29) is 5.78 Å². The second-order valence-electron chi connectivity index (χ2n) is 3.24. The Labute approximate surface area is 82.6 Å². The zero-order valence-corrected chi connectivity index (χ0v) is 8.08. The lowest BCUT2D eigenvalue weighted by atomic mass is 10.1. The van der Waals surface area contributed by atoms with Crippen LogP contribution in [0.3, 0.4) is 0 Å². The highest BCUT2D eigenvalue weighted by Crippen LogP contribution is 2.28. The first-order chi connectivity index (χ1) is 6.81. The summed E-state index contributed by atoms with van der Waals surface area (Å²) in [6.45, 7) is 0.603. The van der Waals surface area contributed by atoms with Crippen LogP contribution in [0.25, 0.3) is 0 Å².